The molecule has 0 unspecified atom stereocenters. The molecule has 0 fully saturated rings. The second-order valence-electron chi connectivity index (χ2n) is 4.36. The average molecular weight is 299 g/mol. The lowest BCUT2D eigenvalue weighted by Crippen LogP contribution is -2.21. The van der Waals surface area contributed by atoms with E-state index in [2.05, 4.69) is 15.2 Å². The summed E-state index contributed by atoms with van der Waals surface area (Å²) in [4.78, 5) is 17.4. The molecule has 4 heterocycles. The van der Waals surface area contributed by atoms with Crippen LogP contribution >= 0.6 is 11.3 Å². The minimum atomic E-state index is -0.235. The lowest BCUT2D eigenvalue weighted by Gasteiger charge is -1.91. The number of fused-ring (bicyclic) bond motifs is 1. The molecule has 0 aliphatic carbocycles. The van der Waals surface area contributed by atoms with E-state index >= 15 is 0 Å². The molecule has 4 aromatic heterocycles. The first-order valence-corrected chi connectivity index (χ1v) is 7.10. The highest BCUT2D eigenvalue weighted by atomic mass is 32.1. The summed E-state index contributed by atoms with van der Waals surface area (Å²) in [6.07, 6.45) is 1.67. The van der Waals surface area contributed by atoms with Gasteiger partial charge in [0.1, 0.15) is 6.54 Å². The van der Waals surface area contributed by atoms with Crippen LogP contribution in [0.15, 0.2) is 51.2 Å². The van der Waals surface area contributed by atoms with E-state index < -0.39 is 0 Å². The standard InChI is InChI=1S/C13H9N5O2S/c19-13-17-6-2-1-5-10(17)15-18(13)8-11-14-12(16-20-11)9-4-3-7-21-9/h1-7H,8H2. The molecular formula is C13H9N5O2S. The zero-order valence-corrected chi connectivity index (χ0v) is 11.5. The van der Waals surface area contributed by atoms with Crippen LogP contribution in [0.1, 0.15) is 5.89 Å². The molecule has 0 atom stereocenters. The third-order valence-electron chi connectivity index (χ3n) is 2.98. The monoisotopic (exact) mass is 299 g/mol. The average Bonchev–Trinajstić information content (AvgIpc) is 3.21. The van der Waals surface area contributed by atoms with Crippen LogP contribution in [0, 0.1) is 0 Å². The van der Waals surface area contributed by atoms with Gasteiger partial charge in [-0.1, -0.05) is 17.3 Å². The minimum absolute atomic E-state index is 0.152. The minimum Gasteiger partial charge on any atom is -0.337 e. The van der Waals surface area contributed by atoms with Crippen molar-refractivity contribution >= 4 is 17.0 Å². The van der Waals surface area contributed by atoms with E-state index in [1.807, 2.05) is 23.6 Å². The van der Waals surface area contributed by atoms with Crippen molar-refractivity contribution in [3.8, 4) is 10.7 Å². The summed E-state index contributed by atoms with van der Waals surface area (Å²) in [7, 11) is 0. The predicted molar refractivity (Wildman–Crippen MR) is 76.2 cm³/mol. The van der Waals surface area contributed by atoms with Gasteiger partial charge in [-0.25, -0.2) is 9.48 Å². The van der Waals surface area contributed by atoms with E-state index in [1.54, 1.807) is 18.3 Å². The van der Waals surface area contributed by atoms with Gasteiger partial charge < -0.3 is 4.52 Å². The second kappa shape index (κ2) is 4.67. The van der Waals surface area contributed by atoms with Crippen molar-refractivity contribution in [2.24, 2.45) is 0 Å². The number of thiophene rings is 1. The molecule has 0 aliphatic rings. The van der Waals surface area contributed by atoms with Gasteiger partial charge in [0.05, 0.1) is 4.88 Å². The van der Waals surface area contributed by atoms with Gasteiger partial charge in [-0.15, -0.1) is 16.4 Å². The SMILES string of the molecule is O=c1n(Cc2nc(-c3cccs3)no2)nc2ccccn12. The van der Waals surface area contributed by atoms with Crippen molar-refractivity contribution in [2.75, 3.05) is 0 Å². The topological polar surface area (TPSA) is 78.2 Å². The highest BCUT2D eigenvalue weighted by molar-refractivity contribution is 7.13. The molecule has 21 heavy (non-hydrogen) atoms. The molecule has 0 radical (unpaired) electrons. The van der Waals surface area contributed by atoms with Gasteiger partial charge in [0.15, 0.2) is 5.65 Å². The number of pyridine rings is 1. The Morgan fingerprint density at radius 2 is 2.19 bits per heavy atom. The Morgan fingerprint density at radius 3 is 3.00 bits per heavy atom. The highest BCUT2D eigenvalue weighted by Crippen LogP contribution is 2.21. The van der Waals surface area contributed by atoms with Crippen LogP contribution < -0.4 is 5.69 Å². The summed E-state index contributed by atoms with van der Waals surface area (Å²) in [5, 5.41) is 10.1. The molecule has 0 N–H and O–H groups in total. The first-order chi connectivity index (χ1) is 10.3. The third kappa shape index (κ3) is 2.05. The van der Waals surface area contributed by atoms with Gasteiger partial charge in [-0.05, 0) is 23.6 Å². The van der Waals surface area contributed by atoms with Crippen LogP contribution in [0.5, 0.6) is 0 Å². The fourth-order valence-corrected chi connectivity index (χ4v) is 2.67. The number of rotatable bonds is 3. The van der Waals surface area contributed by atoms with E-state index in [4.69, 9.17) is 4.52 Å². The smallest absolute Gasteiger partial charge is 0.337 e. The zero-order valence-electron chi connectivity index (χ0n) is 10.7. The summed E-state index contributed by atoms with van der Waals surface area (Å²) in [6, 6.07) is 9.21. The normalized spacial score (nSPS) is 11.2. The van der Waals surface area contributed by atoms with Crippen LogP contribution in [0.3, 0.4) is 0 Å². The molecule has 0 aliphatic heterocycles. The Balaban J connectivity index is 1.69. The molecule has 8 heteroatoms. The van der Waals surface area contributed by atoms with E-state index in [9.17, 15) is 4.79 Å². The van der Waals surface area contributed by atoms with Crippen molar-refractivity contribution in [1.29, 1.82) is 0 Å². The Bertz CT molecular complexity index is 950. The van der Waals surface area contributed by atoms with Crippen LogP contribution in [-0.2, 0) is 6.54 Å². The van der Waals surface area contributed by atoms with E-state index in [1.165, 1.54) is 20.4 Å². The van der Waals surface area contributed by atoms with E-state index in [-0.39, 0.29) is 12.2 Å². The first-order valence-electron chi connectivity index (χ1n) is 6.22. The summed E-state index contributed by atoms with van der Waals surface area (Å²) in [5.41, 5.74) is 0.349. The van der Waals surface area contributed by atoms with Crippen LogP contribution in [0.25, 0.3) is 16.3 Å². The Labute approximate surface area is 122 Å². The fourth-order valence-electron chi connectivity index (χ4n) is 2.02. The number of hydrogen-bond donors (Lipinski definition) is 0. The quantitative estimate of drug-likeness (QED) is 0.575. The molecule has 0 bridgehead atoms. The maximum absolute atomic E-state index is 12.1. The summed E-state index contributed by atoms with van der Waals surface area (Å²) >= 11 is 1.53. The number of hydrogen-bond acceptors (Lipinski definition) is 6. The van der Waals surface area contributed by atoms with Gasteiger partial charge in [0.25, 0.3) is 0 Å². The Kier molecular flexibility index (Phi) is 2.68. The van der Waals surface area contributed by atoms with Crippen molar-refractivity contribution in [2.45, 2.75) is 6.54 Å². The third-order valence-corrected chi connectivity index (χ3v) is 3.85. The van der Waals surface area contributed by atoms with Crippen molar-refractivity contribution < 1.29 is 4.52 Å². The van der Waals surface area contributed by atoms with Crippen molar-refractivity contribution in [1.82, 2.24) is 24.3 Å². The summed E-state index contributed by atoms with van der Waals surface area (Å²) in [6.45, 7) is 0.152. The van der Waals surface area contributed by atoms with Gasteiger partial charge in [-0.3, -0.25) is 4.40 Å². The molecule has 0 saturated heterocycles. The summed E-state index contributed by atoms with van der Waals surface area (Å²) in [5.74, 6) is 0.876. The number of aromatic nitrogens is 5. The predicted octanol–water partition coefficient (Wildman–Crippen LogP) is 1.66. The van der Waals surface area contributed by atoms with E-state index in [0.717, 1.165) is 4.88 Å². The van der Waals surface area contributed by atoms with Gasteiger partial charge in [0.2, 0.25) is 11.7 Å². The molecule has 0 spiro atoms. The van der Waals surface area contributed by atoms with Gasteiger partial charge in [0, 0.05) is 6.20 Å². The van der Waals surface area contributed by atoms with Crippen LogP contribution in [0.4, 0.5) is 0 Å². The Morgan fingerprint density at radius 1 is 1.24 bits per heavy atom. The zero-order chi connectivity index (χ0) is 14.2. The lowest BCUT2D eigenvalue weighted by molar-refractivity contribution is 0.364. The first kappa shape index (κ1) is 12.0. The maximum Gasteiger partial charge on any atom is 0.350 e. The highest BCUT2D eigenvalue weighted by Gasteiger charge is 2.13. The number of nitrogens with zero attached hydrogens (tertiary/aromatic N) is 5. The molecular weight excluding hydrogens is 290 g/mol. The molecule has 4 aromatic rings. The molecule has 4 rings (SSSR count). The largest absolute Gasteiger partial charge is 0.350 e. The van der Waals surface area contributed by atoms with Crippen molar-refractivity contribution in [3.63, 3.8) is 0 Å². The van der Waals surface area contributed by atoms with Crippen molar-refractivity contribution in [3.05, 3.63) is 58.3 Å². The van der Waals surface area contributed by atoms with Crippen LogP contribution in [0.2, 0.25) is 0 Å². The summed E-state index contributed by atoms with van der Waals surface area (Å²) < 4.78 is 7.96. The molecule has 0 amide bonds. The molecule has 7 nitrogen and oxygen atoms in total. The Hall–Kier alpha value is -2.74. The van der Waals surface area contributed by atoms with Gasteiger partial charge in [-0.2, -0.15) is 4.98 Å². The lowest BCUT2D eigenvalue weighted by atomic mass is 10.4. The fraction of sp³-hybridized carbons (Fsp3) is 0.0769. The molecule has 0 aromatic carbocycles. The van der Waals surface area contributed by atoms with E-state index in [0.29, 0.717) is 17.4 Å². The second-order valence-corrected chi connectivity index (χ2v) is 5.31. The van der Waals surface area contributed by atoms with Gasteiger partial charge >= 0.3 is 5.69 Å². The van der Waals surface area contributed by atoms with Crippen LogP contribution in [-0.4, -0.2) is 24.3 Å². The maximum atomic E-state index is 12.1. The molecule has 104 valence electrons. The molecule has 0 saturated carbocycles.